The van der Waals surface area contributed by atoms with Gasteiger partial charge in [-0.15, -0.1) is 0 Å². The summed E-state index contributed by atoms with van der Waals surface area (Å²) in [6, 6.07) is 0. The summed E-state index contributed by atoms with van der Waals surface area (Å²) in [6.07, 6.45) is 5.51. The highest BCUT2D eigenvalue weighted by Crippen LogP contribution is 2.23. The van der Waals surface area contributed by atoms with Gasteiger partial charge in [-0.2, -0.15) is 0 Å². The van der Waals surface area contributed by atoms with Gasteiger partial charge in [-0.05, 0) is 38.0 Å². The lowest BCUT2D eigenvalue weighted by atomic mass is 9.92. The van der Waals surface area contributed by atoms with Gasteiger partial charge in [-0.25, -0.2) is 4.98 Å². The van der Waals surface area contributed by atoms with Gasteiger partial charge in [-0.3, -0.25) is 9.78 Å². The Kier molecular flexibility index (Phi) is 5.43. The number of hydrogen-bond donors (Lipinski definition) is 1. The molecule has 1 aliphatic rings. The molecule has 2 atom stereocenters. The minimum absolute atomic E-state index is 0.0551. The van der Waals surface area contributed by atoms with Crippen LogP contribution in [0.2, 0.25) is 0 Å². The van der Waals surface area contributed by atoms with E-state index < -0.39 is 0 Å². The van der Waals surface area contributed by atoms with Crippen molar-refractivity contribution in [3.05, 3.63) is 21.6 Å². The molecule has 1 saturated heterocycles. The van der Waals surface area contributed by atoms with Crippen LogP contribution in [0.3, 0.4) is 0 Å². The van der Waals surface area contributed by atoms with Gasteiger partial charge in [0.25, 0.3) is 5.56 Å². The van der Waals surface area contributed by atoms with Crippen LogP contribution in [-0.2, 0) is 6.42 Å². The van der Waals surface area contributed by atoms with E-state index in [0.717, 1.165) is 43.1 Å². The molecule has 0 amide bonds. The third-order valence-corrected chi connectivity index (χ3v) is 4.41. The van der Waals surface area contributed by atoms with Gasteiger partial charge >= 0.3 is 0 Å². The van der Waals surface area contributed by atoms with Gasteiger partial charge in [0.05, 0.1) is 0 Å². The minimum atomic E-state index is 0.0551. The maximum atomic E-state index is 12.3. The molecule has 118 valence electrons. The summed E-state index contributed by atoms with van der Waals surface area (Å²) in [4.78, 5) is 22.3. The molecule has 4 nitrogen and oxygen atoms in total. The van der Waals surface area contributed by atoms with Crippen molar-refractivity contribution in [2.24, 2.45) is 11.8 Å². The zero-order valence-corrected chi connectivity index (χ0v) is 13.9. The van der Waals surface area contributed by atoms with Crippen molar-refractivity contribution in [1.82, 2.24) is 9.97 Å². The van der Waals surface area contributed by atoms with Gasteiger partial charge < -0.3 is 4.90 Å². The Morgan fingerprint density at radius 1 is 1.24 bits per heavy atom. The van der Waals surface area contributed by atoms with E-state index in [2.05, 4.69) is 35.6 Å². The molecule has 1 aliphatic heterocycles. The maximum Gasteiger partial charge on any atom is 0.255 e. The SMILES string of the molecule is CCCCCc1c(C)nc(N2CC(C)CC(C)C2)[nH]c1=O. The molecule has 0 aliphatic carbocycles. The molecular formula is C17H29N3O. The van der Waals surface area contributed by atoms with Crippen molar-refractivity contribution in [1.29, 1.82) is 0 Å². The predicted molar refractivity (Wildman–Crippen MR) is 88.0 cm³/mol. The Labute approximate surface area is 128 Å². The van der Waals surface area contributed by atoms with E-state index in [1.54, 1.807) is 0 Å². The van der Waals surface area contributed by atoms with Crippen molar-refractivity contribution >= 4 is 5.95 Å². The summed E-state index contributed by atoms with van der Waals surface area (Å²) < 4.78 is 0. The predicted octanol–water partition coefficient (Wildman–Crippen LogP) is 3.29. The normalized spacial score (nSPS) is 22.6. The molecule has 21 heavy (non-hydrogen) atoms. The number of unbranched alkanes of at least 4 members (excludes halogenated alkanes) is 2. The second kappa shape index (κ2) is 7.10. The van der Waals surface area contributed by atoms with Crippen molar-refractivity contribution in [2.45, 2.75) is 59.8 Å². The highest BCUT2D eigenvalue weighted by Gasteiger charge is 2.24. The summed E-state index contributed by atoms with van der Waals surface area (Å²) in [5, 5.41) is 0. The van der Waals surface area contributed by atoms with Crippen LogP contribution in [0.1, 0.15) is 57.7 Å². The smallest absolute Gasteiger partial charge is 0.255 e. The van der Waals surface area contributed by atoms with E-state index in [0.29, 0.717) is 11.8 Å². The van der Waals surface area contributed by atoms with E-state index in [-0.39, 0.29) is 5.56 Å². The number of aromatic amines is 1. The Balaban J connectivity index is 2.17. The summed E-state index contributed by atoms with van der Waals surface area (Å²) in [7, 11) is 0. The largest absolute Gasteiger partial charge is 0.342 e. The molecule has 0 bridgehead atoms. The fourth-order valence-electron chi connectivity index (χ4n) is 3.43. The topological polar surface area (TPSA) is 49.0 Å². The number of piperidine rings is 1. The van der Waals surface area contributed by atoms with Crippen LogP contribution < -0.4 is 10.5 Å². The van der Waals surface area contributed by atoms with E-state index in [9.17, 15) is 4.79 Å². The molecule has 0 spiro atoms. The molecule has 2 rings (SSSR count). The number of aromatic nitrogens is 2. The molecule has 0 radical (unpaired) electrons. The lowest BCUT2D eigenvalue weighted by Crippen LogP contribution is -2.40. The fourth-order valence-corrected chi connectivity index (χ4v) is 3.43. The fraction of sp³-hybridized carbons (Fsp3) is 0.765. The number of anilines is 1. The molecule has 1 aromatic rings. The first-order valence-electron chi connectivity index (χ1n) is 8.36. The molecular weight excluding hydrogens is 262 g/mol. The Hall–Kier alpha value is -1.32. The first kappa shape index (κ1) is 16.1. The van der Waals surface area contributed by atoms with Crippen LogP contribution in [0.4, 0.5) is 5.95 Å². The number of nitrogens with zero attached hydrogens (tertiary/aromatic N) is 2. The molecule has 2 heterocycles. The van der Waals surface area contributed by atoms with Crippen molar-refractivity contribution in [2.75, 3.05) is 18.0 Å². The van der Waals surface area contributed by atoms with E-state index in [1.807, 2.05) is 6.92 Å². The Bertz CT molecular complexity index is 513. The summed E-state index contributed by atoms with van der Waals surface area (Å²) in [5.74, 6) is 2.07. The highest BCUT2D eigenvalue weighted by atomic mass is 16.1. The monoisotopic (exact) mass is 291 g/mol. The van der Waals surface area contributed by atoms with Crippen LogP contribution in [0.25, 0.3) is 0 Å². The van der Waals surface area contributed by atoms with Gasteiger partial charge in [0.1, 0.15) is 0 Å². The molecule has 1 aromatic heterocycles. The van der Waals surface area contributed by atoms with Crippen LogP contribution >= 0.6 is 0 Å². The Morgan fingerprint density at radius 3 is 2.48 bits per heavy atom. The zero-order valence-electron chi connectivity index (χ0n) is 13.9. The van der Waals surface area contributed by atoms with Gasteiger partial charge in [0.15, 0.2) is 0 Å². The number of aryl methyl sites for hydroxylation is 1. The zero-order chi connectivity index (χ0) is 15.4. The average molecular weight is 291 g/mol. The first-order valence-corrected chi connectivity index (χ1v) is 8.36. The molecule has 0 saturated carbocycles. The van der Waals surface area contributed by atoms with Crippen molar-refractivity contribution in [3.8, 4) is 0 Å². The van der Waals surface area contributed by atoms with Crippen LogP contribution in [-0.4, -0.2) is 23.1 Å². The number of H-pyrrole nitrogens is 1. The third kappa shape index (κ3) is 4.08. The lowest BCUT2D eigenvalue weighted by molar-refractivity contribution is 0.353. The van der Waals surface area contributed by atoms with Gasteiger partial charge in [0, 0.05) is 24.3 Å². The number of nitrogens with one attached hydrogen (secondary N) is 1. The van der Waals surface area contributed by atoms with Crippen molar-refractivity contribution < 1.29 is 0 Å². The molecule has 1 fully saturated rings. The van der Waals surface area contributed by atoms with Crippen LogP contribution in [0, 0.1) is 18.8 Å². The molecule has 2 unspecified atom stereocenters. The summed E-state index contributed by atoms with van der Waals surface area (Å²) in [5.41, 5.74) is 1.82. The van der Waals surface area contributed by atoms with Crippen LogP contribution in [0.5, 0.6) is 0 Å². The van der Waals surface area contributed by atoms with E-state index in [4.69, 9.17) is 0 Å². The van der Waals surface area contributed by atoms with Gasteiger partial charge in [0.2, 0.25) is 5.95 Å². The maximum absolute atomic E-state index is 12.3. The minimum Gasteiger partial charge on any atom is -0.342 e. The first-order chi connectivity index (χ1) is 10.0. The molecule has 4 heteroatoms. The standard InChI is InChI=1S/C17H29N3O/c1-5-6-7-8-15-14(4)18-17(19-16(15)21)20-10-12(2)9-13(3)11-20/h12-13H,5-11H2,1-4H3,(H,18,19,21). The lowest BCUT2D eigenvalue weighted by Gasteiger charge is -2.35. The van der Waals surface area contributed by atoms with Crippen LogP contribution in [0.15, 0.2) is 4.79 Å². The quantitative estimate of drug-likeness (QED) is 0.847. The summed E-state index contributed by atoms with van der Waals surface area (Å²) >= 11 is 0. The second-order valence-electron chi connectivity index (χ2n) is 6.76. The highest BCUT2D eigenvalue weighted by molar-refractivity contribution is 5.34. The molecule has 0 aromatic carbocycles. The summed E-state index contributed by atoms with van der Waals surface area (Å²) in [6.45, 7) is 10.7. The van der Waals surface area contributed by atoms with Gasteiger partial charge in [-0.1, -0.05) is 33.6 Å². The number of hydrogen-bond acceptors (Lipinski definition) is 3. The Morgan fingerprint density at radius 2 is 1.90 bits per heavy atom. The van der Waals surface area contributed by atoms with E-state index >= 15 is 0 Å². The van der Waals surface area contributed by atoms with Crippen molar-refractivity contribution in [3.63, 3.8) is 0 Å². The molecule has 1 N–H and O–H groups in total. The third-order valence-electron chi connectivity index (χ3n) is 4.41. The number of rotatable bonds is 5. The van der Waals surface area contributed by atoms with E-state index in [1.165, 1.54) is 19.3 Å². The second-order valence-corrected chi connectivity index (χ2v) is 6.76. The average Bonchev–Trinajstić information content (AvgIpc) is 2.40.